The summed E-state index contributed by atoms with van der Waals surface area (Å²) in [5.74, 6) is -0.0946. The molecule has 1 fully saturated rings. The Hall–Kier alpha value is -0.700. The van der Waals surface area contributed by atoms with Gasteiger partial charge in [-0.2, -0.15) is 12.7 Å². The number of hydrogen-bond donors (Lipinski definition) is 3. The lowest BCUT2D eigenvalue weighted by atomic mass is 10.0. The zero-order valence-corrected chi connectivity index (χ0v) is 8.46. The maximum Gasteiger partial charge on any atom is 0.276 e. The van der Waals surface area contributed by atoms with Crippen LogP contribution in [0.4, 0.5) is 0 Å². The number of hydrogen-bond acceptors (Lipinski definition) is 4. The van der Waals surface area contributed by atoms with Gasteiger partial charge in [0.1, 0.15) is 0 Å². The molecule has 0 radical (unpaired) electrons. The van der Waals surface area contributed by atoms with Crippen LogP contribution in [0.1, 0.15) is 0 Å². The minimum absolute atomic E-state index is 0.0500. The molecule has 0 aromatic carbocycles. The van der Waals surface area contributed by atoms with Crippen molar-refractivity contribution in [1.29, 1.82) is 0 Å². The Morgan fingerprint density at radius 3 is 2.50 bits per heavy atom. The van der Waals surface area contributed by atoms with E-state index in [0.717, 1.165) is 4.31 Å². The quantitative estimate of drug-likeness (QED) is 0.476. The lowest BCUT2D eigenvalue weighted by molar-refractivity contribution is -0.120. The molecule has 0 saturated carbocycles. The van der Waals surface area contributed by atoms with E-state index in [-0.39, 0.29) is 18.4 Å². The smallest absolute Gasteiger partial charge is 0.276 e. The van der Waals surface area contributed by atoms with E-state index >= 15 is 0 Å². The van der Waals surface area contributed by atoms with Crippen molar-refractivity contribution >= 4 is 16.1 Å². The van der Waals surface area contributed by atoms with Crippen LogP contribution in [0.25, 0.3) is 0 Å². The molecule has 1 amide bonds. The highest BCUT2D eigenvalue weighted by molar-refractivity contribution is 7.86. The summed E-state index contributed by atoms with van der Waals surface area (Å²) in [6.45, 7) is 1.13. The van der Waals surface area contributed by atoms with Crippen molar-refractivity contribution in [3.8, 4) is 0 Å². The molecule has 1 heterocycles. The summed E-state index contributed by atoms with van der Waals surface area (Å²) in [6.07, 6.45) is 0. The lowest BCUT2D eigenvalue weighted by Crippen LogP contribution is -2.55. The molecule has 82 valence electrons. The summed E-state index contributed by atoms with van der Waals surface area (Å²) in [4.78, 5) is 10.7. The van der Waals surface area contributed by atoms with Crippen molar-refractivity contribution < 1.29 is 13.2 Å². The third kappa shape index (κ3) is 2.91. The van der Waals surface area contributed by atoms with E-state index < -0.39 is 10.2 Å². The minimum atomic E-state index is -3.55. The normalized spacial score (nSPS) is 19.0. The molecule has 5 N–H and O–H groups in total. The van der Waals surface area contributed by atoms with Crippen LogP contribution in [0.5, 0.6) is 0 Å². The van der Waals surface area contributed by atoms with Crippen LogP contribution < -0.4 is 16.2 Å². The van der Waals surface area contributed by atoms with Crippen LogP contribution >= 0.6 is 0 Å². The number of rotatable bonds is 4. The van der Waals surface area contributed by atoms with Crippen molar-refractivity contribution in [3.05, 3.63) is 0 Å². The maximum atomic E-state index is 10.7. The first-order chi connectivity index (χ1) is 6.43. The molecule has 1 aliphatic rings. The highest BCUT2D eigenvalue weighted by Gasteiger charge is 2.33. The second kappa shape index (κ2) is 4.22. The molecule has 0 atom stereocenters. The van der Waals surface area contributed by atoms with Gasteiger partial charge in [-0.05, 0) is 0 Å². The van der Waals surface area contributed by atoms with Gasteiger partial charge in [0.25, 0.3) is 10.2 Å². The molecular formula is C6H14N4O3S. The van der Waals surface area contributed by atoms with E-state index in [1.807, 2.05) is 0 Å². The van der Waals surface area contributed by atoms with E-state index in [0.29, 0.717) is 19.6 Å². The van der Waals surface area contributed by atoms with E-state index in [4.69, 9.17) is 10.9 Å². The van der Waals surface area contributed by atoms with Crippen molar-refractivity contribution in [2.75, 3.05) is 26.2 Å². The Labute approximate surface area is 82.6 Å². The SMILES string of the molecule is NCC(=O)NCC1CN(S(N)(=O)=O)C1. The molecule has 14 heavy (non-hydrogen) atoms. The Balaban J connectivity index is 2.20. The topological polar surface area (TPSA) is 119 Å². The van der Waals surface area contributed by atoms with Crippen LogP contribution in [0.2, 0.25) is 0 Å². The van der Waals surface area contributed by atoms with Gasteiger partial charge in [0.05, 0.1) is 6.54 Å². The van der Waals surface area contributed by atoms with Crippen molar-refractivity contribution in [2.24, 2.45) is 16.8 Å². The monoisotopic (exact) mass is 222 g/mol. The predicted octanol–water partition coefficient (Wildman–Crippen LogP) is -2.80. The number of nitrogens with two attached hydrogens (primary N) is 2. The summed E-state index contributed by atoms with van der Waals surface area (Å²) >= 11 is 0. The van der Waals surface area contributed by atoms with Gasteiger partial charge in [-0.15, -0.1) is 0 Å². The summed E-state index contributed by atoms with van der Waals surface area (Å²) in [5, 5.41) is 7.46. The molecular weight excluding hydrogens is 208 g/mol. The third-order valence-electron chi connectivity index (χ3n) is 2.06. The first kappa shape index (κ1) is 11.4. The summed E-state index contributed by atoms with van der Waals surface area (Å²) in [6, 6.07) is 0. The number of nitrogens with zero attached hydrogens (tertiary/aromatic N) is 1. The predicted molar refractivity (Wildman–Crippen MR) is 50.2 cm³/mol. The van der Waals surface area contributed by atoms with Crippen molar-refractivity contribution in [3.63, 3.8) is 0 Å². The number of amides is 1. The van der Waals surface area contributed by atoms with Gasteiger partial charge >= 0.3 is 0 Å². The second-order valence-electron chi connectivity index (χ2n) is 3.24. The minimum Gasteiger partial charge on any atom is -0.355 e. The summed E-state index contributed by atoms with van der Waals surface area (Å²) < 4.78 is 22.7. The highest BCUT2D eigenvalue weighted by Crippen LogP contribution is 2.16. The van der Waals surface area contributed by atoms with Gasteiger partial charge in [0, 0.05) is 25.6 Å². The van der Waals surface area contributed by atoms with Crippen molar-refractivity contribution in [2.45, 2.75) is 0 Å². The molecule has 8 heteroatoms. The maximum absolute atomic E-state index is 10.7. The van der Waals surface area contributed by atoms with Crippen LogP contribution in [-0.4, -0.2) is 44.8 Å². The Morgan fingerprint density at radius 2 is 2.07 bits per heavy atom. The molecule has 1 rings (SSSR count). The van der Waals surface area contributed by atoms with Gasteiger partial charge in [-0.3, -0.25) is 4.79 Å². The Morgan fingerprint density at radius 1 is 1.50 bits per heavy atom. The molecule has 0 aliphatic carbocycles. The van der Waals surface area contributed by atoms with E-state index in [9.17, 15) is 13.2 Å². The number of nitrogens with one attached hydrogen (secondary N) is 1. The van der Waals surface area contributed by atoms with Crippen LogP contribution in [0.15, 0.2) is 0 Å². The zero-order chi connectivity index (χ0) is 10.8. The number of carbonyl (C=O) groups is 1. The summed E-state index contributed by atoms with van der Waals surface area (Å²) in [5.41, 5.74) is 5.08. The van der Waals surface area contributed by atoms with E-state index in [2.05, 4.69) is 5.32 Å². The fourth-order valence-corrected chi connectivity index (χ4v) is 2.03. The Kier molecular flexibility index (Phi) is 3.43. The lowest BCUT2D eigenvalue weighted by Gasteiger charge is -2.36. The standard InChI is InChI=1S/C6H14N4O3S/c7-1-6(11)9-2-5-3-10(4-5)14(8,12)13/h5H,1-4,7H2,(H,9,11)(H2,8,12,13). The summed E-state index contributed by atoms with van der Waals surface area (Å²) in [7, 11) is -3.55. The fourth-order valence-electron chi connectivity index (χ4n) is 1.19. The van der Waals surface area contributed by atoms with Crippen molar-refractivity contribution in [1.82, 2.24) is 9.62 Å². The number of carbonyl (C=O) groups excluding carboxylic acids is 1. The molecule has 0 aromatic rings. The molecule has 0 bridgehead atoms. The molecule has 7 nitrogen and oxygen atoms in total. The van der Waals surface area contributed by atoms with Crippen LogP contribution in [-0.2, 0) is 15.0 Å². The van der Waals surface area contributed by atoms with Gasteiger partial charge in [0.2, 0.25) is 5.91 Å². The molecule has 1 saturated heterocycles. The van der Waals surface area contributed by atoms with E-state index in [1.165, 1.54) is 0 Å². The average Bonchev–Trinajstić information content (AvgIpc) is 1.98. The van der Waals surface area contributed by atoms with Crippen LogP contribution in [0.3, 0.4) is 0 Å². The second-order valence-corrected chi connectivity index (χ2v) is 4.78. The third-order valence-corrected chi connectivity index (χ3v) is 3.07. The molecule has 1 aliphatic heterocycles. The van der Waals surface area contributed by atoms with Crippen LogP contribution in [0, 0.1) is 5.92 Å². The highest BCUT2D eigenvalue weighted by atomic mass is 32.2. The van der Waals surface area contributed by atoms with Gasteiger partial charge < -0.3 is 11.1 Å². The van der Waals surface area contributed by atoms with Gasteiger partial charge in [-0.1, -0.05) is 0 Å². The molecule has 0 unspecified atom stereocenters. The zero-order valence-electron chi connectivity index (χ0n) is 7.64. The van der Waals surface area contributed by atoms with E-state index in [1.54, 1.807) is 0 Å². The fraction of sp³-hybridized carbons (Fsp3) is 0.833. The molecule has 0 spiro atoms. The first-order valence-electron chi connectivity index (χ1n) is 4.18. The first-order valence-corrected chi connectivity index (χ1v) is 5.68. The Bertz CT molecular complexity index is 309. The largest absolute Gasteiger partial charge is 0.355 e. The van der Waals surface area contributed by atoms with Gasteiger partial charge in [0.15, 0.2) is 0 Å². The van der Waals surface area contributed by atoms with Gasteiger partial charge in [-0.25, -0.2) is 5.14 Å². The molecule has 0 aromatic heterocycles. The average molecular weight is 222 g/mol.